The highest BCUT2D eigenvalue weighted by Crippen LogP contribution is 2.39. The molecule has 1 aliphatic rings. The van der Waals surface area contributed by atoms with Gasteiger partial charge in [-0.1, -0.05) is 34.8 Å². The van der Waals surface area contributed by atoms with Gasteiger partial charge in [-0.05, 0) is 25.7 Å². The maximum atomic E-state index is 12.7. The molecule has 0 radical (unpaired) electrons. The van der Waals surface area contributed by atoms with Crippen LogP contribution in [0.3, 0.4) is 0 Å². The number of rotatable bonds is 5. The van der Waals surface area contributed by atoms with Gasteiger partial charge in [-0.3, -0.25) is 4.79 Å². The summed E-state index contributed by atoms with van der Waals surface area (Å²) in [4.78, 5) is 16.8. The number of benzene rings is 1. The first-order valence-corrected chi connectivity index (χ1v) is 8.63. The Kier molecular flexibility index (Phi) is 4.95. The molecule has 3 rings (SSSR count). The maximum Gasteiger partial charge on any atom is 0.294 e. The highest BCUT2D eigenvalue weighted by Gasteiger charge is 2.30. The average molecular weight is 389 g/mol. The summed E-state index contributed by atoms with van der Waals surface area (Å²) in [5.74, 6) is 1.11. The van der Waals surface area contributed by atoms with E-state index in [-0.39, 0.29) is 22.6 Å². The topological polar surface area (TPSA) is 56.1 Å². The molecule has 1 heterocycles. The first kappa shape index (κ1) is 17.4. The Morgan fingerprint density at radius 2 is 1.92 bits per heavy atom. The van der Waals surface area contributed by atoms with Gasteiger partial charge < -0.3 is 14.6 Å². The van der Waals surface area contributed by atoms with Gasteiger partial charge in [-0.2, -0.15) is 0 Å². The van der Waals surface area contributed by atoms with E-state index in [1.54, 1.807) is 22.9 Å². The fraction of sp³-hybridized carbons (Fsp3) is 0.375. The lowest BCUT2D eigenvalue weighted by Gasteiger charge is -2.17. The molecule has 0 saturated heterocycles. The number of hydrogen-bond acceptors (Lipinski definition) is 4. The summed E-state index contributed by atoms with van der Waals surface area (Å²) in [5, 5.41) is 3.78. The molecular weight excluding hydrogens is 373 g/mol. The predicted octanol–water partition coefficient (Wildman–Crippen LogP) is 4.93. The number of ether oxygens (including phenoxy) is 1. The van der Waals surface area contributed by atoms with Crippen molar-refractivity contribution in [2.45, 2.75) is 25.8 Å². The predicted molar refractivity (Wildman–Crippen MR) is 97.2 cm³/mol. The van der Waals surface area contributed by atoms with E-state index in [0.29, 0.717) is 27.4 Å². The Labute approximate surface area is 154 Å². The monoisotopic (exact) mass is 387 g/mol. The van der Waals surface area contributed by atoms with Crippen LogP contribution >= 0.6 is 34.8 Å². The number of anilines is 2. The Bertz CT molecular complexity index is 811. The van der Waals surface area contributed by atoms with Crippen molar-refractivity contribution < 1.29 is 4.74 Å². The molecule has 1 N–H and O–H groups in total. The summed E-state index contributed by atoms with van der Waals surface area (Å²) in [7, 11) is 1.52. The number of aromatic nitrogens is 2. The summed E-state index contributed by atoms with van der Waals surface area (Å²) < 4.78 is 6.72. The molecule has 0 unspecified atom stereocenters. The van der Waals surface area contributed by atoms with E-state index >= 15 is 0 Å². The van der Waals surface area contributed by atoms with Crippen LogP contribution in [-0.4, -0.2) is 16.7 Å². The van der Waals surface area contributed by atoms with Crippen LogP contribution in [-0.2, 0) is 0 Å². The third kappa shape index (κ3) is 3.48. The third-order valence-corrected chi connectivity index (χ3v) is 4.92. The molecule has 1 fully saturated rings. The van der Waals surface area contributed by atoms with Crippen molar-refractivity contribution in [2.75, 3.05) is 12.4 Å². The second-order valence-corrected chi connectivity index (χ2v) is 7.00. The average Bonchev–Trinajstić information content (AvgIpc) is 3.37. The SMILES string of the molecule is COc1cc(Cl)c(Nc2nc(Cl)cn([C@H](C)C3CC3)c2=O)c(Cl)c1. The number of nitrogens with zero attached hydrogens (tertiary/aromatic N) is 2. The molecule has 0 aliphatic heterocycles. The van der Waals surface area contributed by atoms with E-state index in [2.05, 4.69) is 10.3 Å². The molecule has 1 saturated carbocycles. The molecule has 1 aromatic carbocycles. The summed E-state index contributed by atoms with van der Waals surface area (Å²) in [6, 6.07) is 3.28. The van der Waals surface area contributed by atoms with Crippen LogP contribution in [0.5, 0.6) is 5.75 Å². The minimum Gasteiger partial charge on any atom is -0.497 e. The largest absolute Gasteiger partial charge is 0.497 e. The van der Waals surface area contributed by atoms with Crippen molar-refractivity contribution in [2.24, 2.45) is 5.92 Å². The lowest BCUT2D eigenvalue weighted by atomic mass is 10.2. The van der Waals surface area contributed by atoms with E-state index < -0.39 is 0 Å². The van der Waals surface area contributed by atoms with E-state index in [9.17, 15) is 4.79 Å². The number of halogens is 3. The Morgan fingerprint density at radius 3 is 2.46 bits per heavy atom. The molecule has 0 amide bonds. The van der Waals surface area contributed by atoms with Gasteiger partial charge in [0.25, 0.3) is 5.56 Å². The molecule has 0 bridgehead atoms. The Hall–Kier alpha value is -1.43. The van der Waals surface area contributed by atoms with Gasteiger partial charge in [0.1, 0.15) is 10.9 Å². The van der Waals surface area contributed by atoms with Crippen molar-refractivity contribution in [3.8, 4) is 5.75 Å². The van der Waals surface area contributed by atoms with Crippen LogP contribution in [0.2, 0.25) is 15.2 Å². The molecule has 24 heavy (non-hydrogen) atoms. The minimum atomic E-state index is -0.262. The van der Waals surface area contributed by atoms with Crippen LogP contribution in [0, 0.1) is 5.92 Å². The molecule has 5 nitrogen and oxygen atoms in total. The maximum absolute atomic E-state index is 12.7. The van der Waals surface area contributed by atoms with Gasteiger partial charge >= 0.3 is 0 Å². The Balaban J connectivity index is 2.00. The lowest BCUT2D eigenvalue weighted by molar-refractivity contribution is 0.415. The zero-order chi connectivity index (χ0) is 17.4. The van der Waals surface area contributed by atoms with Gasteiger partial charge in [0.05, 0.1) is 22.8 Å². The molecule has 1 aliphatic carbocycles. The number of nitrogens with one attached hydrogen (secondary N) is 1. The fourth-order valence-electron chi connectivity index (χ4n) is 2.57. The molecule has 1 aromatic heterocycles. The van der Waals surface area contributed by atoms with Gasteiger partial charge in [0.15, 0.2) is 5.82 Å². The lowest BCUT2D eigenvalue weighted by Crippen LogP contribution is -2.27. The highest BCUT2D eigenvalue weighted by molar-refractivity contribution is 6.39. The normalized spacial score (nSPS) is 15.2. The third-order valence-electron chi connectivity index (χ3n) is 4.14. The molecule has 8 heteroatoms. The van der Waals surface area contributed by atoms with E-state index in [1.807, 2.05) is 6.92 Å². The molecule has 128 valence electrons. The first-order chi connectivity index (χ1) is 11.4. The summed E-state index contributed by atoms with van der Waals surface area (Å²) in [5.41, 5.74) is 0.123. The van der Waals surface area contributed by atoms with Crippen LogP contribution in [0.15, 0.2) is 23.1 Å². The van der Waals surface area contributed by atoms with Crippen molar-refractivity contribution in [1.82, 2.24) is 9.55 Å². The number of methoxy groups -OCH3 is 1. The summed E-state index contributed by atoms with van der Waals surface area (Å²) in [6.07, 6.45) is 3.80. The van der Waals surface area contributed by atoms with E-state index in [1.165, 1.54) is 7.11 Å². The van der Waals surface area contributed by atoms with Gasteiger partial charge in [-0.15, -0.1) is 0 Å². The summed E-state index contributed by atoms with van der Waals surface area (Å²) >= 11 is 18.5. The van der Waals surface area contributed by atoms with Crippen molar-refractivity contribution in [3.05, 3.63) is 43.9 Å². The van der Waals surface area contributed by atoms with Gasteiger partial charge in [0.2, 0.25) is 0 Å². The second-order valence-electron chi connectivity index (χ2n) is 5.79. The zero-order valence-corrected chi connectivity index (χ0v) is 15.4. The van der Waals surface area contributed by atoms with Crippen molar-refractivity contribution in [1.29, 1.82) is 0 Å². The van der Waals surface area contributed by atoms with E-state index in [0.717, 1.165) is 12.8 Å². The summed E-state index contributed by atoms with van der Waals surface area (Å²) in [6.45, 7) is 2.01. The van der Waals surface area contributed by atoms with Gasteiger partial charge in [0, 0.05) is 24.4 Å². The molecule has 1 atom stereocenters. The second kappa shape index (κ2) is 6.82. The van der Waals surface area contributed by atoms with Crippen molar-refractivity contribution in [3.63, 3.8) is 0 Å². The van der Waals surface area contributed by atoms with Gasteiger partial charge in [-0.25, -0.2) is 4.98 Å². The number of hydrogen-bond donors (Lipinski definition) is 1. The standard InChI is InChI=1S/C16H16Cl3N3O2/c1-8(9-3-4-9)22-7-13(19)20-15(16(22)23)21-14-11(17)5-10(24-2)6-12(14)18/h5-9H,3-4H2,1-2H3,(H,20,21)/t8-/m1/s1. The highest BCUT2D eigenvalue weighted by atomic mass is 35.5. The molecular formula is C16H16Cl3N3O2. The van der Waals surface area contributed by atoms with Crippen LogP contribution in [0.4, 0.5) is 11.5 Å². The first-order valence-electron chi connectivity index (χ1n) is 7.49. The zero-order valence-electron chi connectivity index (χ0n) is 13.1. The van der Waals surface area contributed by atoms with Crippen molar-refractivity contribution >= 4 is 46.3 Å². The van der Waals surface area contributed by atoms with Crippen LogP contribution in [0.25, 0.3) is 0 Å². The van der Waals surface area contributed by atoms with E-state index in [4.69, 9.17) is 39.5 Å². The fourth-order valence-corrected chi connectivity index (χ4v) is 3.33. The quantitative estimate of drug-likeness (QED) is 0.789. The smallest absolute Gasteiger partial charge is 0.294 e. The van der Waals surface area contributed by atoms with Crippen LogP contribution in [0.1, 0.15) is 25.8 Å². The molecule has 2 aromatic rings. The molecule has 0 spiro atoms. The van der Waals surface area contributed by atoms with Crippen LogP contribution < -0.4 is 15.6 Å². The Morgan fingerprint density at radius 1 is 1.29 bits per heavy atom. The minimum absolute atomic E-state index is 0.0698.